The molecule has 0 saturated carbocycles. The number of aliphatic carboxylic acids is 1. The van der Waals surface area contributed by atoms with Crippen LogP contribution in [0.15, 0.2) is 12.1 Å². The first-order chi connectivity index (χ1) is 8.47. The van der Waals surface area contributed by atoms with Gasteiger partial charge in [-0.25, -0.2) is 0 Å². The van der Waals surface area contributed by atoms with Crippen LogP contribution in [0.25, 0.3) is 0 Å². The van der Waals surface area contributed by atoms with E-state index in [1.54, 1.807) is 12.1 Å². The van der Waals surface area contributed by atoms with Gasteiger partial charge in [0.2, 0.25) is 5.91 Å². The van der Waals surface area contributed by atoms with Crippen molar-refractivity contribution < 1.29 is 14.7 Å². The summed E-state index contributed by atoms with van der Waals surface area (Å²) in [6.07, 6.45) is 0.128. The SMILES string of the molecule is O=C(O)CCC1Nc2cc(Cl)c(Cl)cc2NC1=O. The Labute approximate surface area is 113 Å². The smallest absolute Gasteiger partial charge is 0.303 e. The van der Waals surface area contributed by atoms with Gasteiger partial charge in [0.15, 0.2) is 0 Å². The van der Waals surface area contributed by atoms with E-state index in [0.717, 1.165) is 0 Å². The molecule has 7 heteroatoms. The molecule has 0 aromatic heterocycles. The lowest BCUT2D eigenvalue weighted by molar-refractivity contribution is -0.137. The van der Waals surface area contributed by atoms with Crippen molar-refractivity contribution in [1.82, 2.24) is 0 Å². The Hall–Kier alpha value is -1.46. The molecule has 0 radical (unpaired) electrons. The molecule has 5 nitrogen and oxygen atoms in total. The van der Waals surface area contributed by atoms with Gasteiger partial charge < -0.3 is 15.7 Å². The number of carbonyl (C=O) groups is 2. The van der Waals surface area contributed by atoms with Gasteiger partial charge in [0.05, 0.1) is 21.4 Å². The average Bonchev–Trinajstić information content (AvgIpc) is 2.29. The van der Waals surface area contributed by atoms with Crippen LogP contribution < -0.4 is 10.6 Å². The van der Waals surface area contributed by atoms with Crippen LogP contribution in [0.3, 0.4) is 0 Å². The van der Waals surface area contributed by atoms with Gasteiger partial charge in [-0.05, 0) is 18.6 Å². The Bertz CT molecular complexity index is 519. The fraction of sp³-hybridized carbons (Fsp3) is 0.273. The number of anilines is 2. The summed E-state index contributed by atoms with van der Waals surface area (Å²) < 4.78 is 0. The summed E-state index contributed by atoms with van der Waals surface area (Å²) in [6, 6.07) is 2.58. The molecule has 1 heterocycles. The topological polar surface area (TPSA) is 78.4 Å². The second-order valence-corrected chi connectivity index (χ2v) is 4.74. The van der Waals surface area contributed by atoms with E-state index >= 15 is 0 Å². The van der Waals surface area contributed by atoms with Gasteiger partial charge in [-0.1, -0.05) is 23.2 Å². The minimum absolute atomic E-state index is 0.0816. The van der Waals surface area contributed by atoms with Gasteiger partial charge in [0.25, 0.3) is 0 Å². The maximum Gasteiger partial charge on any atom is 0.303 e. The second kappa shape index (κ2) is 5.04. The molecule has 1 aliphatic rings. The number of carboxylic acid groups (broad SMARTS) is 1. The maximum absolute atomic E-state index is 11.7. The number of carbonyl (C=O) groups excluding carboxylic acids is 1. The predicted molar refractivity (Wildman–Crippen MR) is 69.4 cm³/mol. The number of rotatable bonds is 3. The molecule has 2 rings (SSSR count). The first-order valence-corrected chi connectivity index (χ1v) is 6.01. The Morgan fingerprint density at radius 1 is 1.28 bits per heavy atom. The highest BCUT2D eigenvalue weighted by molar-refractivity contribution is 6.42. The molecule has 1 aromatic rings. The van der Waals surface area contributed by atoms with E-state index < -0.39 is 12.0 Å². The summed E-state index contributed by atoms with van der Waals surface area (Å²) in [7, 11) is 0. The van der Waals surface area contributed by atoms with E-state index in [-0.39, 0.29) is 18.7 Å². The molecule has 0 bridgehead atoms. The number of fused-ring (bicyclic) bond motifs is 1. The number of benzene rings is 1. The zero-order valence-corrected chi connectivity index (χ0v) is 10.7. The molecule has 0 fully saturated rings. The Balaban J connectivity index is 2.19. The Morgan fingerprint density at radius 3 is 2.50 bits per heavy atom. The molecule has 0 saturated heterocycles. The molecule has 1 unspecified atom stereocenters. The maximum atomic E-state index is 11.7. The summed E-state index contributed by atoms with van der Waals surface area (Å²) in [4.78, 5) is 22.2. The third kappa shape index (κ3) is 2.68. The van der Waals surface area contributed by atoms with Crippen LogP contribution in [0, 0.1) is 0 Å². The van der Waals surface area contributed by atoms with Gasteiger partial charge in [-0.2, -0.15) is 0 Å². The van der Waals surface area contributed by atoms with E-state index in [9.17, 15) is 9.59 Å². The molecular formula is C11H10Cl2N2O3. The quantitative estimate of drug-likeness (QED) is 0.799. The second-order valence-electron chi connectivity index (χ2n) is 3.93. The average molecular weight is 289 g/mol. The summed E-state index contributed by atoms with van der Waals surface area (Å²) in [5.74, 6) is -1.22. The van der Waals surface area contributed by atoms with Crippen LogP contribution in [0.1, 0.15) is 12.8 Å². The summed E-state index contributed by atoms with van der Waals surface area (Å²) in [6.45, 7) is 0. The normalized spacial score (nSPS) is 17.7. The third-order valence-electron chi connectivity index (χ3n) is 2.61. The van der Waals surface area contributed by atoms with Crippen molar-refractivity contribution in [1.29, 1.82) is 0 Å². The van der Waals surface area contributed by atoms with Crippen molar-refractivity contribution in [2.75, 3.05) is 10.6 Å². The number of amides is 1. The van der Waals surface area contributed by atoms with E-state index in [2.05, 4.69) is 10.6 Å². The number of halogens is 2. The van der Waals surface area contributed by atoms with Crippen molar-refractivity contribution in [3.8, 4) is 0 Å². The van der Waals surface area contributed by atoms with Crippen molar-refractivity contribution in [3.05, 3.63) is 22.2 Å². The van der Waals surface area contributed by atoms with Crippen molar-refractivity contribution in [2.45, 2.75) is 18.9 Å². The Morgan fingerprint density at radius 2 is 1.89 bits per heavy atom. The summed E-state index contributed by atoms with van der Waals surface area (Å²) in [5.41, 5.74) is 1.18. The van der Waals surface area contributed by atoms with Crippen LogP contribution in [0.2, 0.25) is 10.0 Å². The minimum atomic E-state index is -0.940. The van der Waals surface area contributed by atoms with E-state index in [1.165, 1.54) is 0 Å². The fourth-order valence-electron chi connectivity index (χ4n) is 1.71. The summed E-state index contributed by atoms with van der Waals surface area (Å²) >= 11 is 11.7. The fourth-order valence-corrected chi connectivity index (χ4v) is 2.04. The molecule has 0 spiro atoms. The number of hydrogen-bond acceptors (Lipinski definition) is 3. The van der Waals surface area contributed by atoms with Crippen LogP contribution in [0.4, 0.5) is 11.4 Å². The molecule has 1 aromatic carbocycles. The van der Waals surface area contributed by atoms with Crippen LogP contribution in [-0.4, -0.2) is 23.0 Å². The lowest BCUT2D eigenvalue weighted by Crippen LogP contribution is -2.39. The predicted octanol–water partition coefficient (Wildman–Crippen LogP) is 2.59. The van der Waals surface area contributed by atoms with Gasteiger partial charge in [-0.15, -0.1) is 0 Å². The largest absolute Gasteiger partial charge is 0.481 e. The van der Waals surface area contributed by atoms with Crippen molar-refractivity contribution in [3.63, 3.8) is 0 Å². The van der Waals surface area contributed by atoms with Crippen LogP contribution in [0.5, 0.6) is 0 Å². The highest BCUT2D eigenvalue weighted by atomic mass is 35.5. The zero-order valence-electron chi connectivity index (χ0n) is 9.17. The molecule has 96 valence electrons. The molecule has 18 heavy (non-hydrogen) atoms. The number of hydrogen-bond donors (Lipinski definition) is 3. The Kier molecular flexibility index (Phi) is 3.63. The lowest BCUT2D eigenvalue weighted by Gasteiger charge is -2.26. The van der Waals surface area contributed by atoms with Crippen molar-refractivity contribution in [2.24, 2.45) is 0 Å². The molecule has 1 aliphatic heterocycles. The van der Waals surface area contributed by atoms with Crippen LogP contribution >= 0.6 is 23.2 Å². The monoisotopic (exact) mass is 288 g/mol. The van der Waals surface area contributed by atoms with Gasteiger partial charge in [-0.3, -0.25) is 9.59 Å². The standard InChI is InChI=1S/C11H10Cl2N2O3/c12-5-3-8-9(4-6(5)13)15-11(18)7(14-8)1-2-10(16)17/h3-4,7,14H,1-2H2,(H,15,18)(H,16,17). The molecule has 0 aliphatic carbocycles. The lowest BCUT2D eigenvalue weighted by atomic mass is 10.1. The van der Waals surface area contributed by atoms with E-state index in [0.29, 0.717) is 21.4 Å². The van der Waals surface area contributed by atoms with Gasteiger partial charge >= 0.3 is 5.97 Å². The number of nitrogens with one attached hydrogen (secondary N) is 2. The number of carboxylic acids is 1. The van der Waals surface area contributed by atoms with Crippen molar-refractivity contribution >= 4 is 46.5 Å². The molecule has 1 atom stereocenters. The minimum Gasteiger partial charge on any atom is -0.481 e. The molecule has 3 N–H and O–H groups in total. The van der Waals surface area contributed by atoms with Gasteiger partial charge in [0, 0.05) is 6.42 Å². The molecule has 1 amide bonds. The zero-order chi connectivity index (χ0) is 13.3. The third-order valence-corrected chi connectivity index (χ3v) is 3.33. The first-order valence-electron chi connectivity index (χ1n) is 5.25. The first kappa shape index (κ1) is 13.0. The highest BCUT2D eigenvalue weighted by Crippen LogP contribution is 2.35. The highest BCUT2D eigenvalue weighted by Gasteiger charge is 2.26. The van der Waals surface area contributed by atoms with E-state index in [4.69, 9.17) is 28.3 Å². The summed E-state index contributed by atoms with van der Waals surface area (Å²) in [5, 5.41) is 14.9. The van der Waals surface area contributed by atoms with Crippen LogP contribution in [-0.2, 0) is 9.59 Å². The molecular weight excluding hydrogens is 279 g/mol. The van der Waals surface area contributed by atoms with Gasteiger partial charge in [0.1, 0.15) is 6.04 Å². The van der Waals surface area contributed by atoms with E-state index in [1.807, 2.05) is 0 Å².